The van der Waals surface area contributed by atoms with Gasteiger partial charge in [0, 0.05) is 6.04 Å². The quantitative estimate of drug-likeness (QED) is 0.611. The van der Waals surface area contributed by atoms with E-state index in [1.54, 1.807) is 0 Å². The van der Waals surface area contributed by atoms with Gasteiger partial charge in [0.25, 0.3) is 0 Å². The van der Waals surface area contributed by atoms with Crippen LogP contribution in [-0.4, -0.2) is 6.54 Å². The standard InChI is InChI=1S/C19H33N/c1-6-13-20-19(14-15(4)7-2)18-11-9-17(10-12-18)16(5)8-3/h9-12,15-16,19-20H,6-8,13-14H2,1-5H3. The first-order valence-corrected chi connectivity index (χ1v) is 8.45. The van der Waals surface area contributed by atoms with E-state index >= 15 is 0 Å². The molecule has 0 heterocycles. The average Bonchev–Trinajstić information content (AvgIpc) is 2.50. The summed E-state index contributed by atoms with van der Waals surface area (Å²) in [5.41, 5.74) is 2.92. The fraction of sp³-hybridized carbons (Fsp3) is 0.684. The van der Waals surface area contributed by atoms with Crippen LogP contribution in [0.4, 0.5) is 0 Å². The van der Waals surface area contributed by atoms with Gasteiger partial charge >= 0.3 is 0 Å². The molecule has 0 saturated heterocycles. The predicted octanol–water partition coefficient (Wildman–Crippen LogP) is 5.68. The summed E-state index contributed by atoms with van der Waals surface area (Å²) >= 11 is 0. The van der Waals surface area contributed by atoms with Crippen LogP contribution in [0.1, 0.15) is 83.4 Å². The largest absolute Gasteiger partial charge is 0.310 e. The van der Waals surface area contributed by atoms with Crippen molar-refractivity contribution < 1.29 is 0 Å². The summed E-state index contributed by atoms with van der Waals surface area (Å²) in [6.07, 6.45) is 4.90. The van der Waals surface area contributed by atoms with Gasteiger partial charge in [-0.3, -0.25) is 0 Å². The summed E-state index contributed by atoms with van der Waals surface area (Å²) in [5, 5.41) is 3.71. The summed E-state index contributed by atoms with van der Waals surface area (Å²) in [6.45, 7) is 12.5. The SMILES string of the molecule is CCCNC(CC(C)CC)c1ccc(C(C)CC)cc1. The van der Waals surface area contributed by atoms with Crippen LogP contribution in [0, 0.1) is 5.92 Å². The lowest BCUT2D eigenvalue weighted by Gasteiger charge is -2.23. The molecule has 0 saturated carbocycles. The molecule has 0 aliphatic heterocycles. The van der Waals surface area contributed by atoms with Gasteiger partial charge < -0.3 is 5.32 Å². The second-order valence-electron chi connectivity index (χ2n) is 6.23. The minimum Gasteiger partial charge on any atom is -0.310 e. The van der Waals surface area contributed by atoms with Crippen molar-refractivity contribution in [3.63, 3.8) is 0 Å². The molecule has 3 unspecified atom stereocenters. The number of rotatable bonds is 9. The van der Waals surface area contributed by atoms with Crippen LogP contribution in [0.15, 0.2) is 24.3 Å². The van der Waals surface area contributed by atoms with Crippen molar-refractivity contribution in [2.75, 3.05) is 6.54 Å². The number of benzene rings is 1. The normalized spacial score (nSPS) is 15.8. The van der Waals surface area contributed by atoms with E-state index in [-0.39, 0.29) is 0 Å². The maximum absolute atomic E-state index is 3.71. The van der Waals surface area contributed by atoms with E-state index in [4.69, 9.17) is 0 Å². The Morgan fingerprint density at radius 1 is 0.900 bits per heavy atom. The maximum atomic E-state index is 3.71. The van der Waals surface area contributed by atoms with Crippen molar-refractivity contribution in [2.45, 2.75) is 72.3 Å². The molecule has 0 aromatic heterocycles. The van der Waals surface area contributed by atoms with E-state index in [2.05, 4.69) is 64.2 Å². The molecule has 0 spiro atoms. The van der Waals surface area contributed by atoms with E-state index < -0.39 is 0 Å². The van der Waals surface area contributed by atoms with Crippen LogP contribution >= 0.6 is 0 Å². The van der Waals surface area contributed by atoms with Gasteiger partial charge in [-0.25, -0.2) is 0 Å². The average molecular weight is 275 g/mol. The zero-order chi connectivity index (χ0) is 15.0. The summed E-state index contributed by atoms with van der Waals surface area (Å²) in [5.74, 6) is 1.44. The van der Waals surface area contributed by atoms with Gasteiger partial charge in [0.2, 0.25) is 0 Å². The number of nitrogens with one attached hydrogen (secondary N) is 1. The van der Waals surface area contributed by atoms with E-state index in [9.17, 15) is 0 Å². The molecule has 0 bridgehead atoms. The summed E-state index contributed by atoms with van der Waals surface area (Å²) in [4.78, 5) is 0. The third kappa shape index (κ3) is 5.28. The second-order valence-corrected chi connectivity index (χ2v) is 6.23. The van der Waals surface area contributed by atoms with Crippen molar-refractivity contribution in [1.29, 1.82) is 0 Å². The molecule has 1 nitrogen and oxygen atoms in total. The van der Waals surface area contributed by atoms with Crippen LogP contribution in [0.2, 0.25) is 0 Å². The molecule has 3 atom stereocenters. The Labute approximate surface area is 126 Å². The molecule has 1 N–H and O–H groups in total. The Morgan fingerprint density at radius 3 is 2.00 bits per heavy atom. The lowest BCUT2D eigenvalue weighted by Crippen LogP contribution is -2.24. The molecule has 1 aromatic carbocycles. The molecule has 1 heteroatoms. The molecule has 0 fully saturated rings. The molecule has 0 amide bonds. The van der Waals surface area contributed by atoms with E-state index in [1.165, 1.54) is 36.8 Å². The van der Waals surface area contributed by atoms with Crippen LogP contribution < -0.4 is 5.32 Å². The fourth-order valence-electron chi connectivity index (χ4n) is 2.52. The Balaban J connectivity index is 2.78. The zero-order valence-corrected chi connectivity index (χ0v) is 14.1. The lowest BCUT2D eigenvalue weighted by atomic mass is 9.91. The monoisotopic (exact) mass is 275 g/mol. The van der Waals surface area contributed by atoms with Gasteiger partial charge in [0.1, 0.15) is 0 Å². The number of hydrogen-bond acceptors (Lipinski definition) is 1. The molecule has 1 aromatic rings. The topological polar surface area (TPSA) is 12.0 Å². The molecular formula is C19H33N. The predicted molar refractivity (Wildman–Crippen MR) is 90.3 cm³/mol. The van der Waals surface area contributed by atoms with Crippen molar-refractivity contribution >= 4 is 0 Å². The van der Waals surface area contributed by atoms with E-state index in [0.29, 0.717) is 12.0 Å². The molecule has 0 aliphatic carbocycles. The minimum absolute atomic E-state index is 0.510. The van der Waals surface area contributed by atoms with Gasteiger partial charge in [0.15, 0.2) is 0 Å². The van der Waals surface area contributed by atoms with Crippen LogP contribution in [0.5, 0.6) is 0 Å². The molecule has 20 heavy (non-hydrogen) atoms. The number of hydrogen-bond donors (Lipinski definition) is 1. The van der Waals surface area contributed by atoms with Gasteiger partial charge in [-0.1, -0.05) is 65.3 Å². The van der Waals surface area contributed by atoms with Crippen LogP contribution in [0.3, 0.4) is 0 Å². The second kappa shape index (κ2) is 9.18. The van der Waals surface area contributed by atoms with Crippen molar-refractivity contribution in [3.8, 4) is 0 Å². The van der Waals surface area contributed by atoms with E-state index in [1.807, 2.05) is 0 Å². The van der Waals surface area contributed by atoms with Gasteiger partial charge in [0.05, 0.1) is 0 Å². The highest BCUT2D eigenvalue weighted by molar-refractivity contribution is 5.27. The third-order valence-corrected chi connectivity index (χ3v) is 4.50. The van der Waals surface area contributed by atoms with Crippen molar-refractivity contribution in [3.05, 3.63) is 35.4 Å². The molecular weight excluding hydrogens is 242 g/mol. The smallest absolute Gasteiger partial charge is 0.0322 e. The molecule has 114 valence electrons. The van der Waals surface area contributed by atoms with E-state index in [0.717, 1.165) is 12.5 Å². The van der Waals surface area contributed by atoms with Crippen LogP contribution in [0.25, 0.3) is 0 Å². The van der Waals surface area contributed by atoms with Gasteiger partial charge in [-0.2, -0.15) is 0 Å². The minimum atomic E-state index is 0.510. The van der Waals surface area contributed by atoms with Crippen molar-refractivity contribution in [2.24, 2.45) is 5.92 Å². The summed E-state index contributed by atoms with van der Waals surface area (Å²) in [6, 6.07) is 9.81. The van der Waals surface area contributed by atoms with Crippen molar-refractivity contribution in [1.82, 2.24) is 5.32 Å². The Hall–Kier alpha value is -0.820. The highest BCUT2D eigenvalue weighted by Crippen LogP contribution is 2.25. The first-order valence-electron chi connectivity index (χ1n) is 8.45. The third-order valence-electron chi connectivity index (χ3n) is 4.50. The summed E-state index contributed by atoms with van der Waals surface area (Å²) < 4.78 is 0. The van der Waals surface area contributed by atoms with Gasteiger partial charge in [-0.05, 0) is 48.8 Å². The molecule has 0 radical (unpaired) electrons. The first kappa shape index (κ1) is 17.2. The zero-order valence-electron chi connectivity index (χ0n) is 14.1. The Morgan fingerprint density at radius 2 is 1.50 bits per heavy atom. The summed E-state index contributed by atoms with van der Waals surface area (Å²) in [7, 11) is 0. The maximum Gasteiger partial charge on any atom is 0.0322 e. The van der Waals surface area contributed by atoms with Crippen LogP contribution in [-0.2, 0) is 0 Å². The Bertz CT molecular complexity index is 355. The fourth-order valence-corrected chi connectivity index (χ4v) is 2.52. The highest BCUT2D eigenvalue weighted by Gasteiger charge is 2.14. The Kier molecular flexibility index (Phi) is 7.91. The highest BCUT2D eigenvalue weighted by atomic mass is 14.9. The van der Waals surface area contributed by atoms with Gasteiger partial charge in [-0.15, -0.1) is 0 Å². The lowest BCUT2D eigenvalue weighted by molar-refractivity contribution is 0.402. The molecule has 0 aliphatic rings. The molecule has 1 rings (SSSR count). The first-order chi connectivity index (χ1) is 9.62.